The Hall–Kier alpha value is -3.65. The second-order valence-corrected chi connectivity index (χ2v) is 8.40. The van der Waals surface area contributed by atoms with Crippen molar-refractivity contribution in [3.8, 4) is 0 Å². The number of benzene rings is 3. The van der Waals surface area contributed by atoms with E-state index in [4.69, 9.17) is 0 Å². The van der Waals surface area contributed by atoms with Crippen LogP contribution in [0.15, 0.2) is 89.8 Å². The largest absolute Gasteiger partial charge is 0.343 e. The number of carbonyl (C=O) groups excluding carboxylic acids is 2. The minimum absolute atomic E-state index is 0.0622. The average Bonchev–Trinajstić information content (AvgIpc) is 2.78. The van der Waals surface area contributed by atoms with Gasteiger partial charge in [-0.2, -0.15) is 0 Å². The topological polar surface area (TPSA) is 95.6 Å². The van der Waals surface area contributed by atoms with Gasteiger partial charge in [-0.15, -0.1) is 0 Å². The highest BCUT2D eigenvalue weighted by Crippen LogP contribution is 2.21. The molecule has 30 heavy (non-hydrogen) atoms. The summed E-state index contributed by atoms with van der Waals surface area (Å²) in [6.07, 6.45) is 0. The standard InChI is InChI=1S/C22H21N3O4S/c1-25(19-10-6-3-7-11-19)30(28,29)20-14-12-17(13-15-20)22(27)23-16-21(26)24-18-8-4-2-5-9-18/h2-15H,16H2,1H3,(H,23,27)(H,24,26). The van der Waals surface area contributed by atoms with Gasteiger partial charge in [0.1, 0.15) is 0 Å². The second-order valence-electron chi connectivity index (χ2n) is 6.43. The molecule has 2 amide bonds. The maximum Gasteiger partial charge on any atom is 0.264 e. The zero-order valence-electron chi connectivity index (χ0n) is 16.3. The van der Waals surface area contributed by atoms with Crippen LogP contribution in [-0.2, 0) is 14.8 Å². The number of amides is 2. The van der Waals surface area contributed by atoms with Gasteiger partial charge in [0.05, 0.1) is 17.1 Å². The molecule has 154 valence electrons. The Balaban J connectivity index is 1.62. The average molecular weight is 423 g/mol. The summed E-state index contributed by atoms with van der Waals surface area (Å²) in [4.78, 5) is 24.3. The van der Waals surface area contributed by atoms with Crippen molar-refractivity contribution in [3.63, 3.8) is 0 Å². The van der Waals surface area contributed by atoms with E-state index in [0.29, 0.717) is 11.4 Å². The lowest BCUT2D eigenvalue weighted by Gasteiger charge is -2.19. The van der Waals surface area contributed by atoms with Gasteiger partial charge in [-0.25, -0.2) is 8.42 Å². The molecule has 2 N–H and O–H groups in total. The predicted molar refractivity (Wildman–Crippen MR) is 116 cm³/mol. The van der Waals surface area contributed by atoms with Crippen LogP contribution in [0.2, 0.25) is 0 Å². The summed E-state index contributed by atoms with van der Waals surface area (Å²) in [5.74, 6) is -0.836. The van der Waals surface area contributed by atoms with Crippen LogP contribution in [0, 0.1) is 0 Å². The number of hydrogen-bond donors (Lipinski definition) is 2. The molecule has 3 rings (SSSR count). The summed E-state index contributed by atoms with van der Waals surface area (Å²) >= 11 is 0. The number of para-hydroxylation sites is 2. The van der Waals surface area contributed by atoms with Crippen LogP contribution >= 0.6 is 0 Å². The van der Waals surface area contributed by atoms with E-state index >= 15 is 0 Å². The zero-order valence-corrected chi connectivity index (χ0v) is 17.1. The highest BCUT2D eigenvalue weighted by atomic mass is 32.2. The van der Waals surface area contributed by atoms with Gasteiger partial charge in [-0.1, -0.05) is 36.4 Å². The van der Waals surface area contributed by atoms with E-state index in [2.05, 4.69) is 10.6 Å². The van der Waals surface area contributed by atoms with Gasteiger partial charge in [0.15, 0.2) is 0 Å². The number of rotatable bonds is 7. The quantitative estimate of drug-likeness (QED) is 0.611. The molecule has 0 saturated heterocycles. The van der Waals surface area contributed by atoms with Crippen LogP contribution in [0.25, 0.3) is 0 Å². The second kappa shape index (κ2) is 9.23. The van der Waals surface area contributed by atoms with Crippen LogP contribution in [0.3, 0.4) is 0 Å². The van der Waals surface area contributed by atoms with Crippen molar-refractivity contribution in [2.24, 2.45) is 0 Å². The van der Waals surface area contributed by atoms with E-state index in [1.807, 2.05) is 6.07 Å². The Labute approximate surface area is 175 Å². The fourth-order valence-corrected chi connectivity index (χ4v) is 3.90. The molecule has 3 aromatic rings. The minimum atomic E-state index is -3.76. The number of sulfonamides is 1. The maximum absolute atomic E-state index is 12.8. The van der Waals surface area contributed by atoms with Crippen molar-refractivity contribution >= 4 is 33.2 Å². The lowest BCUT2D eigenvalue weighted by Crippen LogP contribution is -2.33. The van der Waals surface area contributed by atoms with Crippen molar-refractivity contribution in [1.29, 1.82) is 0 Å². The zero-order chi connectivity index (χ0) is 21.6. The third-order valence-corrected chi connectivity index (χ3v) is 6.16. The van der Waals surface area contributed by atoms with E-state index in [1.54, 1.807) is 54.6 Å². The Morgan fingerprint density at radius 1 is 0.833 bits per heavy atom. The molecule has 0 bridgehead atoms. The van der Waals surface area contributed by atoms with Gasteiger partial charge in [0.25, 0.3) is 15.9 Å². The number of nitrogens with one attached hydrogen (secondary N) is 2. The molecule has 8 heteroatoms. The van der Waals surface area contributed by atoms with E-state index in [0.717, 1.165) is 0 Å². The molecule has 0 aliphatic heterocycles. The third kappa shape index (κ3) is 5.03. The molecule has 0 atom stereocenters. The molecule has 0 heterocycles. The van der Waals surface area contributed by atoms with Crippen LogP contribution in [0.5, 0.6) is 0 Å². The molecule has 0 aliphatic carbocycles. The fourth-order valence-electron chi connectivity index (χ4n) is 2.70. The first-order valence-electron chi connectivity index (χ1n) is 9.15. The molecule has 0 aromatic heterocycles. The first-order chi connectivity index (χ1) is 14.4. The van der Waals surface area contributed by atoms with Crippen LogP contribution in [0.4, 0.5) is 11.4 Å². The maximum atomic E-state index is 12.8. The summed E-state index contributed by atoms with van der Waals surface area (Å²) in [5.41, 5.74) is 1.42. The summed E-state index contributed by atoms with van der Waals surface area (Å²) in [7, 11) is -2.29. The molecule has 0 saturated carbocycles. The molecular formula is C22H21N3O4S. The highest BCUT2D eigenvalue weighted by molar-refractivity contribution is 7.92. The molecule has 0 aliphatic rings. The summed E-state index contributed by atoms with van der Waals surface area (Å²) in [6, 6.07) is 23.2. The van der Waals surface area contributed by atoms with Crippen LogP contribution < -0.4 is 14.9 Å². The highest BCUT2D eigenvalue weighted by Gasteiger charge is 2.21. The Bertz CT molecular complexity index is 1120. The molecule has 7 nitrogen and oxygen atoms in total. The number of anilines is 2. The SMILES string of the molecule is CN(c1ccccc1)S(=O)(=O)c1ccc(C(=O)NCC(=O)Nc2ccccc2)cc1. The number of hydrogen-bond acceptors (Lipinski definition) is 4. The van der Waals surface area contributed by atoms with Crippen molar-refractivity contribution in [1.82, 2.24) is 5.32 Å². The number of carbonyl (C=O) groups is 2. The normalized spacial score (nSPS) is 10.8. The number of nitrogens with zero attached hydrogens (tertiary/aromatic N) is 1. The van der Waals surface area contributed by atoms with Gasteiger partial charge in [-0.3, -0.25) is 13.9 Å². The van der Waals surface area contributed by atoms with E-state index in [1.165, 1.54) is 35.6 Å². The molecule has 3 aromatic carbocycles. The summed E-state index contributed by atoms with van der Waals surface area (Å²) in [6.45, 7) is -0.204. The first kappa shape index (κ1) is 21.1. The fraction of sp³-hybridized carbons (Fsp3) is 0.0909. The van der Waals surface area contributed by atoms with Gasteiger partial charge >= 0.3 is 0 Å². The Morgan fingerprint density at radius 3 is 2.00 bits per heavy atom. The first-order valence-corrected chi connectivity index (χ1v) is 10.6. The molecular weight excluding hydrogens is 402 g/mol. The van der Waals surface area contributed by atoms with E-state index in [-0.39, 0.29) is 22.9 Å². The smallest absolute Gasteiger partial charge is 0.264 e. The van der Waals surface area contributed by atoms with Crippen LogP contribution in [0.1, 0.15) is 10.4 Å². The molecule has 0 fully saturated rings. The minimum Gasteiger partial charge on any atom is -0.343 e. The molecule has 0 radical (unpaired) electrons. The lowest BCUT2D eigenvalue weighted by atomic mass is 10.2. The third-order valence-electron chi connectivity index (χ3n) is 4.36. The van der Waals surface area contributed by atoms with Crippen molar-refractivity contribution in [2.75, 3.05) is 23.2 Å². The van der Waals surface area contributed by atoms with E-state index < -0.39 is 15.9 Å². The van der Waals surface area contributed by atoms with Gasteiger partial charge in [0.2, 0.25) is 5.91 Å². The Morgan fingerprint density at radius 2 is 1.40 bits per heavy atom. The van der Waals surface area contributed by atoms with Gasteiger partial charge < -0.3 is 10.6 Å². The Kier molecular flexibility index (Phi) is 6.48. The van der Waals surface area contributed by atoms with Crippen molar-refractivity contribution in [3.05, 3.63) is 90.5 Å². The monoisotopic (exact) mass is 423 g/mol. The summed E-state index contributed by atoms with van der Waals surface area (Å²) < 4.78 is 26.7. The predicted octanol–water partition coefficient (Wildman–Crippen LogP) is 2.88. The van der Waals surface area contributed by atoms with Gasteiger partial charge in [0, 0.05) is 18.3 Å². The molecule has 0 spiro atoms. The van der Waals surface area contributed by atoms with E-state index in [9.17, 15) is 18.0 Å². The molecule has 0 unspecified atom stereocenters. The summed E-state index contributed by atoms with van der Waals surface area (Å²) in [5, 5.41) is 5.18. The van der Waals surface area contributed by atoms with Crippen molar-refractivity contribution in [2.45, 2.75) is 4.90 Å². The van der Waals surface area contributed by atoms with Gasteiger partial charge in [-0.05, 0) is 48.5 Å². The van der Waals surface area contributed by atoms with Crippen LogP contribution in [-0.4, -0.2) is 33.8 Å². The van der Waals surface area contributed by atoms with Crippen molar-refractivity contribution < 1.29 is 18.0 Å². The lowest BCUT2D eigenvalue weighted by molar-refractivity contribution is -0.115.